The van der Waals surface area contributed by atoms with Gasteiger partial charge in [0.05, 0.1) is 12.1 Å². The van der Waals surface area contributed by atoms with E-state index < -0.39 is 42.9 Å². The summed E-state index contributed by atoms with van der Waals surface area (Å²) in [4.78, 5) is 40.9. The van der Waals surface area contributed by atoms with Crippen LogP contribution in [0.3, 0.4) is 0 Å². The number of aryl methyl sites for hydroxylation is 1. The summed E-state index contributed by atoms with van der Waals surface area (Å²) in [6, 6.07) is 5.87. The second-order valence-electron chi connectivity index (χ2n) is 8.69. The minimum atomic E-state index is -1.03. The summed E-state index contributed by atoms with van der Waals surface area (Å²) in [6.45, 7) is 9.74. The van der Waals surface area contributed by atoms with Crippen molar-refractivity contribution in [2.75, 3.05) is 13.9 Å². The number of hydrogen-bond acceptors (Lipinski definition) is 9. The van der Waals surface area contributed by atoms with Gasteiger partial charge in [-0.1, -0.05) is 31.5 Å². The lowest BCUT2D eigenvalue weighted by molar-refractivity contribution is -0.158. The number of pyridine rings is 1. The van der Waals surface area contributed by atoms with E-state index in [9.17, 15) is 14.4 Å². The van der Waals surface area contributed by atoms with Crippen molar-refractivity contribution in [2.45, 2.75) is 59.8 Å². The molecule has 2 rings (SSSR count). The molecule has 1 amide bonds. The molecule has 0 aliphatic rings. The van der Waals surface area contributed by atoms with Crippen LogP contribution < -0.4 is 19.5 Å². The van der Waals surface area contributed by atoms with Crippen molar-refractivity contribution in [3.8, 4) is 17.2 Å². The minimum Gasteiger partial charge on any atom is -0.493 e. The van der Waals surface area contributed by atoms with Gasteiger partial charge in [0.15, 0.2) is 17.2 Å². The van der Waals surface area contributed by atoms with Crippen LogP contribution in [0, 0.1) is 12.8 Å². The predicted octanol–water partition coefficient (Wildman–Crippen LogP) is 4.11. The zero-order valence-electron chi connectivity index (χ0n) is 22.0. The third-order valence-electron chi connectivity index (χ3n) is 5.24. The number of esters is 2. The number of nitrogens with one attached hydrogen (secondary N) is 1. The topological polar surface area (TPSA) is 122 Å². The Morgan fingerprint density at radius 1 is 1.08 bits per heavy atom. The molecule has 3 atom stereocenters. The van der Waals surface area contributed by atoms with Gasteiger partial charge in [0.25, 0.3) is 5.91 Å². The molecule has 1 heterocycles. The first kappa shape index (κ1) is 29.7. The maximum Gasteiger partial charge on any atom is 0.328 e. The van der Waals surface area contributed by atoms with E-state index in [1.54, 1.807) is 19.1 Å². The number of rotatable bonds is 12. The minimum absolute atomic E-state index is 0.0404. The van der Waals surface area contributed by atoms with Crippen LogP contribution in [0.15, 0.2) is 30.5 Å². The molecule has 0 bridgehead atoms. The normalized spacial score (nSPS) is 13.2. The summed E-state index contributed by atoms with van der Waals surface area (Å²) in [6.07, 6.45) is 0.203. The second-order valence-corrected chi connectivity index (χ2v) is 9.09. The molecule has 11 heteroatoms. The number of benzene rings is 1. The van der Waals surface area contributed by atoms with Crippen LogP contribution in [-0.4, -0.2) is 55.0 Å². The van der Waals surface area contributed by atoms with Crippen LogP contribution >= 0.6 is 11.6 Å². The lowest BCUT2D eigenvalue weighted by atomic mass is 10.0. The van der Waals surface area contributed by atoms with Crippen LogP contribution in [0.5, 0.6) is 17.2 Å². The van der Waals surface area contributed by atoms with E-state index >= 15 is 0 Å². The quantitative estimate of drug-likeness (QED) is 0.315. The molecule has 0 unspecified atom stereocenters. The summed E-state index contributed by atoms with van der Waals surface area (Å²) < 4.78 is 27.1. The molecule has 0 spiro atoms. The number of carbonyl (C=O) groups is 3. The number of nitrogens with zero attached hydrogens (tertiary/aromatic N) is 1. The highest BCUT2D eigenvalue weighted by Gasteiger charge is 2.30. The van der Waals surface area contributed by atoms with Crippen molar-refractivity contribution in [3.63, 3.8) is 0 Å². The fourth-order valence-corrected chi connectivity index (χ4v) is 3.65. The zero-order chi connectivity index (χ0) is 27.7. The van der Waals surface area contributed by atoms with E-state index in [-0.39, 0.29) is 23.1 Å². The number of hydrogen-bond donors (Lipinski definition) is 1. The van der Waals surface area contributed by atoms with Gasteiger partial charge in [-0.3, -0.25) is 9.59 Å². The van der Waals surface area contributed by atoms with E-state index in [1.807, 2.05) is 26.8 Å². The molecule has 2 aromatic rings. The van der Waals surface area contributed by atoms with Gasteiger partial charge in [-0.2, -0.15) is 0 Å². The first-order valence-electron chi connectivity index (χ1n) is 11.7. The molecule has 0 radical (unpaired) electrons. The van der Waals surface area contributed by atoms with Gasteiger partial charge in [0.2, 0.25) is 6.79 Å². The maximum absolute atomic E-state index is 12.9. The number of aromatic nitrogens is 1. The van der Waals surface area contributed by atoms with Crippen molar-refractivity contribution in [3.05, 3.63) is 46.7 Å². The molecule has 37 heavy (non-hydrogen) atoms. The molecule has 0 aliphatic carbocycles. The Morgan fingerprint density at radius 3 is 2.38 bits per heavy atom. The van der Waals surface area contributed by atoms with Crippen molar-refractivity contribution in [1.29, 1.82) is 0 Å². The molecule has 0 fully saturated rings. The molecule has 0 saturated carbocycles. The fourth-order valence-electron chi connectivity index (χ4n) is 3.37. The Kier molecular flexibility index (Phi) is 11.0. The number of amides is 1. The van der Waals surface area contributed by atoms with E-state index in [0.717, 1.165) is 5.56 Å². The van der Waals surface area contributed by atoms with E-state index in [0.29, 0.717) is 10.8 Å². The summed E-state index contributed by atoms with van der Waals surface area (Å²) >= 11 is 6.28. The summed E-state index contributed by atoms with van der Waals surface area (Å²) in [5.41, 5.74) is 0.837. The third-order valence-corrected chi connectivity index (χ3v) is 5.54. The molecule has 1 aromatic carbocycles. The molecular formula is C26H33ClN2O8. The molecular weight excluding hydrogens is 504 g/mol. The largest absolute Gasteiger partial charge is 0.493 e. The van der Waals surface area contributed by atoms with E-state index in [2.05, 4.69) is 10.3 Å². The molecule has 202 valence electrons. The number of halogens is 1. The lowest BCUT2D eigenvalue weighted by Crippen LogP contribution is -2.45. The van der Waals surface area contributed by atoms with Gasteiger partial charge < -0.3 is 29.0 Å². The molecule has 1 N–H and O–H groups in total. The van der Waals surface area contributed by atoms with Gasteiger partial charge in [-0.25, -0.2) is 9.78 Å². The standard InChI is InChI=1S/C26H33ClN2O8/c1-14(2)23(17(5)36-20-9-8-15(3)12-19(20)27)37-26(32)16(4)29-25(31)22-24(35-13-34-18(6)30)21(33-7)10-11-28-22/h8-12,14,16-17,23H,13H2,1-7H3,(H,29,31)/t16-,17-,23+/m0/s1. The number of ether oxygens (including phenoxy) is 5. The third kappa shape index (κ3) is 8.52. The maximum atomic E-state index is 12.9. The highest BCUT2D eigenvalue weighted by atomic mass is 35.5. The first-order chi connectivity index (χ1) is 17.4. The lowest BCUT2D eigenvalue weighted by Gasteiger charge is -2.29. The van der Waals surface area contributed by atoms with E-state index in [1.165, 1.54) is 33.2 Å². The second kappa shape index (κ2) is 13.7. The van der Waals surface area contributed by atoms with Crippen LogP contribution in [0.1, 0.15) is 50.7 Å². The predicted molar refractivity (Wildman–Crippen MR) is 136 cm³/mol. The number of carbonyl (C=O) groups excluding carboxylic acids is 3. The Hall–Kier alpha value is -3.53. The Balaban J connectivity index is 2.10. The van der Waals surface area contributed by atoms with Crippen LogP contribution in [-0.2, 0) is 19.1 Å². The molecule has 0 saturated heterocycles. The molecule has 0 aliphatic heterocycles. The SMILES string of the molecule is COc1ccnc(C(=O)N[C@@H](C)C(=O)O[C@H](C(C)C)[C@H](C)Oc2ccc(C)cc2Cl)c1OCOC(C)=O. The van der Waals surface area contributed by atoms with Crippen LogP contribution in [0.2, 0.25) is 5.02 Å². The van der Waals surface area contributed by atoms with E-state index in [4.69, 9.17) is 35.3 Å². The smallest absolute Gasteiger partial charge is 0.328 e. The summed E-state index contributed by atoms with van der Waals surface area (Å²) in [5.74, 6) is -1.39. The van der Waals surface area contributed by atoms with Crippen molar-refractivity contribution < 1.29 is 38.1 Å². The van der Waals surface area contributed by atoms with Crippen molar-refractivity contribution >= 4 is 29.4 Å². The Bertz CT molecular complexity index is 1110. The zero-order valence-corrected chi connectivity index (χ0v) is 22.8. The van der Waals surface area contributed by atoms with Gasteiger partial charge >= 0.3 is 11.9 Å². The van der Waals surface area contributed by atoms with Gasteiger partial charge in [0.1, 0.15) is 24.0 Å². The summed E-state index contributed by atoms with van der Waals surface area (Å²) in [7, 11) is 1.38. The molecule has 1 aromatic heterocycles. The average Bonchev–Trinajstić information content (AvgIpc) is 2.83. The van der Waals surface area contributed by atoms with Gasteiger partial charge in [-0.05, 0) is 44.4 Å². The van der Waals surface area contributed by atoms with Crippen molar-refractivity contribution in [2.24, 2.45) is 5.92 Å². The average molecular weight is 537 g/mol. The van der Waals surface area contributed by atoms with Gasteiger partial charge in [0, 0.05) is 19.2 Å². The van der Waals surface area contributed by atoms with Gasteiger partial charge in [-0.15, -0.1) is 0 Å². The number of methoxy groups -OCH3 is 1. The fraction of sp³-hybridized carbons (Fsp3) is 0.462. The Labute approximate surface area is 221 Å². The highest BCUT2D eigenvalue weighted by molar-refractivity contribution is 6.32. The van der Waals surface area contributed by atoms with Crippen molar-refractivity contribution in [1.82, 2.24) is 10.3 Å². The summed E-state index contributed by atoms with van der Waals surface area (Å²) in [5, 5.41) is 3.01. The molecule has 10 nitrogen and oxygen atoms in total. The first-order valence-corrected chi connectivity index (χ1v) is 12.1. The van der Waals surface area contributed by atoms with Crippen LogP contribution in [0.25, 0.3) is 0 Å². The highest BCUT2D eigenvalue weighted by Crippen LogP contribution is 2.30. The monoisotopic (exact) mass is 536 g/mol. The Morgan fingerprint density at radius 2 is 1.78 bits per heavy atom. The van der Waals surface area contributed by atoms with Crippen LogP contribution in [0.4, 0.5) is 0 Å².